The lowest BCUT2D eigenvalue weighted by molar-refractivity contribution is -0.133. The number of likely N-dealkylation sites (tertiary alicyclic amines) is 1. The number of halogens is 1. The van der Waals surface area contributed by atoms with Crippen LogP contribution < -0.4 is 4.90 Å². The summed E-state index contributed by atoms with van der Waals surface area (Å²) in [7, 11) is 0. The molecule has 0 bridgehead atoms. The van der Waals surface area contributed by atoms with Gasteiger partial charge in [-0.25, -0.2) is 4.39 Å². The zero-order chi connectivity index (χ0) is 18.6. The Morgan fingerprint density at radius 1 is 1.11 bits per heavy atom. The first-order chi connectivity index (χ1) is 13.2. The molecule has 2 aliphatic rings. The average Bonchev–Trinajstić information content (AvgIpc) is 3.35. The van der Waals surface area contributed by atoms with E-state index in [1.165, 1.54) is 6.07 Å². The van der Waals surface area contributed by atoms with E-state index in [2.05, 4.69) is 10.00 Å². The standard InChI is InChI=1S/C20H26FN5O/c21-18-6-1-2-7-19(18)23-11-13-24(14-12-23)20(27)16-25-9-3-5-17(25)15-26-10-4-8-22-26/h1-2,4,6-8,10,17H,3,5,9,11-16H2/t17-/m0/s1. The van der Waals surface area contributed by atoms with E-state index >= 15 is 0 Å². The van der Waals surface area contributed by atoms with Crippen molar-refractivity contribution in [3.05, 3.63) is 48.5 Å². The molecule has 2 aliphatic heterocycles. The third kappa shape index (κ3) is 4.13. The van der Waals surface area contributed by atoms with Crippen LogP contribution in [0.15, 0.2) is 42.7 Å². The Balaban J connectivity index is 1.30. The normalized spacial score (nSPS) is 21.0. The molecule has 1 atom stereocenters. The van der Waals surface area contributed by atoms with E-state index < -0.39 is 0 Å². The number of piperazine rings is 1. The van der Waals surface area contributed by atoms with Crippen LogP contribution in [0.1, 0.15) is 12.8 Å². The molecule has 3 heterocycles. The number of carbonyl (C=O) groups is 1. The number of anilines is 1. The van der Waals surface area contributed by atoms with Gasteiger partial charge in [0, 0.05) is 44.6 Å². The Hall–Kier alpha value is -2.41. The summed E-state index contributed by atoms with van der Waals surface area (Å²) in [4.78, 5) is 19.0. The van der Waals surface area contributed by atoms with Crippen LogP contribution in [0.2, 0.25) is 0 Å². The minimum absolute atomic E-state index is 0.176. The molecule has 6 nitrogen and oxygen atoms in total. The Morgan fingerprint density at radius 3 is 2.67 bits per heavy atom. The molecule has 2 fully saturated rings. The lowest BCUT2D eigenvalue weighted by Gasteiger charge is -2.37. The van der Waals surface area contributed by atoms with Crippen molar-refractivity contribution in [2.45, 2.75) is 25.4 Å². The molecule has 4 rings (SSSR count). The molecule has 0 N–H and O–H groups in total. The molecule has 1 aromatic heterocycles. The molecule has 0 radical (unpaired) electrons. The molecule has 2 aromatic rings. The van der Waals surface area contributed by atoms with E-state index in [0.29, 0.717) is 44.5 Å². The van der Waals surface area contributed by atoms with Crippen LogP contribution in [-0.4, -0.2) is 70.8 Å². The zero-order valence-corrected chi connectivity index (χ0v) is 15.5. The van der Waals surface area contributed by atoms with Crippen LogP contribution >= 0.6 is 0 Å². The van der Waals surface area contributed by atoms with Crippen molar-refractivity contribution in [2.24, 2.45) is 0 Å². The van der Waals surface area contributed by atoms with Crippen molar-refractivity contribution in [1.82, 2.24) is 19.6 Å². The van der Waals surface area contributed by atoms with Gasteiger partial charge < -0.3 is 9.80 Å². The number of nitrogens with zero attached hydrogens (tertiary/aromatic N) is 5. The highest BCUT2D eigenvalue weighted by Gasteiger charge is 2.29. The van der Waals surface area contributed by atoms with E-state index in [-0.39, 0.29) is 11.7 Å². The fourth-order valence-corrected chi connectivity index (χ4v) is 4.11. The molecule has 0 unspecified atom stereocenters. The quantitative estimate of drug-likeness (QED) is 0.805. The highest BCUT2D eigenvalue weighted by Crippen LogP contribution is 2.21. The molecule has 27 heavy (non-hydrogen) atoms. The van der Waals surface area contributed by atoms with Gasteiger partial charge in [0.05, 0.1) is 18.8 Å². The number of rotatable bonds is 5. The van der Waals surface area contributed by atoms with Crippen molar-refractivity contribution in [3.63, 3.8) is 0 Å². The lowest BCUT2D eigenvalue weighted by atomic mass is 10.2. The third-order valence-corrected chi connectivity index (χ3v) is 5.62. The number of carbonyl (C=O) groups excluding carboxylic acids is 1. The summed E-state index contributed by atoms with van der Waals surface area (Å²) in [6, 6.07) is 9.14. The van der Waals surface area contributed by atoms with Crippen LogP contribution in [0.4, 0.5) is 10.1 Å². The monoisotopic (exact) mass is 371 g/mol. The second kappa shape index (κ2) is 8.08. The fraction of sp³-hybridized carbons (Fsp3) is 0.500. The van der Waals surface area contributed by atoms with Crippen molar-refractivity contribution in [3.8, 4) is 0 Å². The van der Waals surface area contributed by atoms with Crippen LogP contribution in [0.3, 0.4) is 0 Å². The molecule has 144 valence electrons. The maximum atomic E-state index is 14.0. The van der Waals surface area contributed by atoms with Gasteiger partial charge in [-0.3, -0.25) is 14.4 Å². The van der Waals surface area contributed by atoms with Gasteiger partial charge >= 0.3 is 0 Å². The molecule has 1 aromatic carbocycles. The first-order valence-corrected chi connectivity index (χ1v) is 9.69. The summed E-state index contributed by atoms with van der Waals surface area (Å²) < 4.78 is 15.9. The van der Waals surface area contributed by atoms with Crippen LogP contribution in [0.25, 0.3) is 0 Å². The van der Waals surface area contributed by atoms with Crippen LogP contribution in [0.5, 0.6) is 0 Å². The van der Waals surface area contributed by atoms with E-state index in [9.17, 15) is 9.18 Å². The van der Waals surface area contributed by atoms with E-state index in [1.807, 2.05) is 32.8 Å². The van der Waals surface area contributed by atoms with E-state index in [0.717, 1.165) is 25.9 Å². The van der Waals surface area contributed by atoms with Crippen LogP contribution in [-0.2, 0) is 11.3 Å². The second-order valence-corrected chi connectivity index (χ2v) is 7.31. The summed E-state index contributed by atoms with van der Waals surface area (Å²) in [5.41, 5.74) is 0.628. The average molecular weight is 371 g/mol. The lowest BCUT2D eigenvalue weighted by Crippen LogP contribution is -2.52. The van der Waals surface area contributed by atoms with Crippen LogP contribution in [0, 0.1) is 5.82 Å². The van der Waals surface area contributed by atoms with E-state index in [4.69, 9.17) is 0 Å². The smallest absolute Gasteiger partial charge is 0.236 e. The van der Waals surface area contributed by atoms with Crippen molar-refractivity contribution in [1.29, 1.82) is 0 Å². The molecule has 1 amide bonds. The van der Waals surface area contributed by atoms with Gasteiger partial charge in [0.15, 0.2) is 0 Å². The van der Waals surface area contributed by atoms with Crippen molar-refractivity contribution < 1.29 is 9.18 Å². The van der Waals surface area contributed by atoms with Crippen molar-refractivity contribution in [2.75, 3.05) is 44.2 Å². The number of hydrogen-bond acceptors (Lipinski definition) is 4. The number of benzene rings is 1. The number of aromatic nitrogens is 2. The summed E-state index contributed by atoms with van der Waals surface area (Å²) in [5, 5.41) is 4.29. The molecule has 0 spiro atoms. The van der Waals surface area contributed by atoms with E-state index in [1.54, 1.807) is 18.3 Å². The Bertz CT molecular complexity index is 757. The molecular formula is C20H26FN5O. The highest BCUT2D eigenvalue weighted by atomic mass is 19.1. The highest BCUT2D eigenvalue weighted by molar-refractivity contribution is 5.78. The summed E-state index contributed by atoms with van der Waals surface area (Å²) in [6.45, 7) is 4.89. The largest absolute Gasteiger partial charge is 0.366 e. The SMILES string of the molecule is O=C(CN1CCC[C@H]1Cn1cccn1)N1CCN(c2ccccc2F)CC1. The second-order valence-electron chi connectivity index (χ2n) is 7.31. The topological polar surface area (TPSA) is 44.6 Å². The van der Waals surface area contributed by atoms with Gasteiger partial charge in [-0.05, 0) is 37.6 Å². The third-order valence-electron chi connectivity index (χ3n) is 5.62. The van der Waals surface area contributed by atoms with Gasteiger partial charge in [0.25, 0.3) is 0 Å². The van der Waals surface area contributed by atoms with Gasteiger partial charge in [0.1, 0.15) is 5.82 Å². The predicted molar refractivity (Wildman–Crippen MR) is 102 cm³/mol. The summed E-state index contributed by atoms with van der Waals surface area (Å²) in [6.07, 6.45) is 5.99. The molecular weight excluding hydrogens is 345 g/mol. The summed E-state index contributed by atoms with van der Waals surface area (Å²) in [5.74, 6) is -0.0219. The minimum atomic E-state index is -0.198. The first kappa shape index (κ1) is 18.0. The Labute approximate surface area is 159 Å². The summed E-state index contributed by atoms with van der Waals surface area (Å²) >= 11 is 0. The fourth-order valence-electron chi connectivity index (χ4n) is 4.11. The number of amides is 1. The minimum Gasteiger partial charge on any atom is -0.366 e. The van der Waals surface area contributed by atoms with Gasteiger partial charge in [-0.2, -0.15) is 5.10 Å². The van der Waals surface area contributed by atoms with Gasteiger partial charge in [-0.15, -0.1) is 0 Å². The zero-order valence-electron chi connectivity index (χ0n) is 15.5. The van der Waals surface area contributed by atoms with Gasteiger partial charge in [0.2, 0.25) is 5.91 Å². The predicted octanol–water partition coefficient (Wildman–Crippen LogP) is 1.84. The number of para-hydroxylation sites is 1. The Morgan fingerprint density at radius 2 is 1.93 bits per heavy atom. The molecule has 7 heteroatoms. The van der Waals surface area contributed by atoms with Crippen molar-refractivity contribution >= 4 is 11.6 Å². The van der Waals surface area contributed by atoms with Gasteiger partial charge in [-0.1, -0.05) is 12.1 Å². The first-order valence-electron chi connectivity index (χ1n) is 9.69. The maximum Gasteiger partial charge on any atom is 0.236 e. The number of hydrogen-bond donors (Lipinski definition) is 0. The molecule has 0 aliphatic carbocycles. The molecule has 2 saturated heterocycles. The molecule has 0 saturated carbocycles. The maximum absolute atomic E-state index is 14.0. The Kier molecular flexibility index (Phi) is 5.38.